The van der Waals surface area contributed by atoms with Crippen LogP contribution in [0.25, 0.3) is 0 Å². The van der Waals surface area contributed by atoms with Crippen LogP contribution in [-0.2, 0) is 7.05 Å². The highest BCUT2D eigenvalue weighted by Gasteiger charge is 2.16. The van der Waals surface area contributed by atoms with Crippen LogP contribution in [0.15, 0.2) is 5.03 Å². The van der Waals surface area contributed by atoms with Crippen LogP contribution in [0.4, 0.5) is 8.78 Å². The Morgan fingerprint density at radius 1 is 1.46 bits per heavy atom. The van der Waals surface area contributed by atoms with Crippen LogP contribution < -0.4 is 0 Å². The lowest BCUT2D eigenvalue weighted by molar-refractivity contribution is 0.251. The first-order valence-corrected chi connectivity index (χ1v) is 4.79. The normalized spacial score (nSPS) is 11.6. The number of aryl methyl sites for hydroxylation is 1. The van der Waals surface area contributed by atoms with Crippen molar-refractivity contribution in [3.8, 4) is 0 Å². The number of thioether (sulfide) groups is 1. The van der Waals surface area contributed by atoms with Gasteiger partial charge in [-0.25, -0.2) is 0 Å². The van der Waals surface area contributed by atoms with Crippen LogP contribution in [0.1, 0.15) is 25.3 Å². The van der Waals surface area contributed by atoms with Crippen LogP contribution in [0.5, 0.6) is 0 Å². The SMILES string of the molecule is CC(C)c1[c]nn(C)c1SC(F)F. The maximum absolute atomic E-state index is 12.1. The predicted molar refractivity (Wildman–Crippen MR) is 48.0 cm³/mol. The lowest BCUT2D eigenvalue weighted by Crippen LogP contribution is -1.97. The second-order valence-corrected chi connectivity index (χ2v) is 3.97. The molecule has 13 heavy (non-hydrogen) atoms. The van der Waals surface area contributed by atoms with Gasteiger partial charge in [-0.2, -0.15) is 13.9 Å². The number of aromatic nitrogens is 2. The molecule has 1 rings (SSSR count). The molecule has 1 radical (unpaired) electrons. The first-order chi connectivity index (χ1) is 6.02. The zero-order valence-electron chi connectivity index (χ0n) is 7.71. The van der Waals surface area contributed by atoms with E-state index < -0.39 is 5.76 Å². The molecule has 0 spiro atoms. The van der Waals surface area contributed by atoms with Gasteiger partial charge in [-0.05, 0) is 17.7 Å². The summed E-state index contributed by atoms with van der Waals surface area (Å²) in [6, 6.07) is 0. The largest absolute Gasteiger partial charge is 0.290 e. The Labute approximate surface area is 80.3 Å². The highest BCUT2D eigenvalue weighted by molar-refractivity contribution is 7.99. The van der Waals surface area contributed by atoms with Gasteiger partial charge in [-0.3, -0.25) is 4.68 Å². The lowest BCUT2D eigenvalue weighted by Gasteiger charge is -2.06. The molecule has 0 atom stereocenters. The average molecular weight is 205 g/mol. The summed E-state index contributed by atoms with van der Waals surface area (Å²) in [4.78, 5) is 0. The fourth-order valence-electron chi connectivity index (χ4n) is 0.997. The smallest absolute Gasteiger partial charge is 0.261 e. The van der Waals surface area contributed by atoms with E-state index in [1.165, 1.54) is 4.68 Å². The van der Waals surface area contributed by atoms with Gasteiger partial charge < -0.3 is 0 Å². The summed E-state index contributed by atoms with van der Waals surface area (Å²) in [7, 11) is 1.65. The summed E-state index contributed by atoms with van der Waals surface area (Å²) in [5.74, 6) is -2.23. The zero-order chi connectivity index (χ0) is 10.0. The Hall–Kier alpha value is -0.580. The molecule has 0 unspecified atom stereocenters. The van der Waals surface area contributed by atoms with E-state index in [1.807, 2.05) is 13.8 Å². The predicted octanol–water partition coefficient (Wildman–Crippen LogP) is 2.66. The van der Waals surface area contributed by atoms with Gasteiger partial charge in [0.1, 0.15) is 11.2 Å². The zero-order valence-corrected chi connectivity index (χ0v) is 8.53. The standard InChI is InChI=1S/C8H11F2N2S/c1-5(2)6-4-11-12(3)7(6)13-8(9)10/h5,8H,1-3H3. The molecule has 0 aliphatic heterocycles. The molecular weight excluding hydrogens is 194 g/mol. The molecule has 0 bridgehead atoms. The second kappa shape index (κ2) is 4.09. The molecule has 1 aromatic heterocycles. The molecule has 0 saturated carbocycles. The first-order valence-electron chi connectivity index (χ1n) is 3.91. The van der Waals surface area contributed by atoms with Gasteiger partial charge in [0.2, 0.25) is 0 Å². The number of alkyl halides is 2. The third-order valence-corrected chi connectivity index (χ3v) is 2.51. The van der Waals surface area contributed by atoms with Crippen molar-refractivity contribution in [2.45, 2.75) is 30.5 Å². The summed E-state index contributed by atoms with van der Waals surface area (Å²) in [6.07, 6.45) is 2.74. The summed E-state index contributed by atoms with van der Waals surface area (Å²) in [5.41, 5.74) is 0.757. The van der Waals surface area contributed by atoms with Gasteiger partial charge in [0.25, 0.3) is 5.76 Å². The number of hydrogen-bond donors (Lipinski definition) is 0. The van der Waals surface area contributed by atoms with Crippen molar-refractivity contribution in [3.63, 3.8) is 0 Å². The van der Waals surface area contributed by atoms with Crippen molar-refractivity contribution in [1.29, 1.82) is 0 Å². The van der Waals surface area contributed by atoms with E-state index in [-0.39, 0.29) is 5.92 Å². The van der Waals surface area contributed by atoms with E-state index in [2.05, 4.69) is 11.3 Å². The average Bonchev–Trinajstić information content (AvgIpc) is 2.32. The molecule has 73 valence electrons. The summed E-state index contributed by atoms with van der Waals surface area (Å²) in [6.45, 7) is 3.87. The van der Waals surface area contributed by atoms with Crippen molar-refractivity contribution in [2.24, 2.45) is 7.05 Å². The molecule has 0 fully saturated rings. The highest BCUT2D eigenvalue weighted by Crippen LogP contribution is 2.31. The molecule has 0 saturated heterocycles. The fourth-order valence-corrected chi connectivity index (χ4v) is 1.77. The lowest BCUT2D eigenvalue weighted by atomic mass is 10.1. The molecule has 1 aromatic rings. The van der Waals surface area contributed by atoms with Gasteiger partial charge in [0, 0.05) is 12.6 Å². The minimum Gasteiger partial charge on any atom is -0.261 e. The maximum atomic E-state index is 12.1. The van der Waals surface area contributed by atoms with Crippen molar-refractivity contribution in [2.75, 3.05) is 0 Å². The molecule has 0 N–H and O–H groups in total. The topological polar surface area (TPSA) is 17.8 Å². The van der Waals surface area contributed by atoms with Crippen LogP contribution in [-0.4, -0.2) is 15.5 Å². The third kappa shape index (κ3) is 2.43. The Kier molecular flexibility index (Phi) is 3.30. The van der Waals surface area contributed by atoms with Gasteiger partial charge in [-0.15, -0.1) is 0 Å². The van der Waals surface area contributed by atoms with Crippen LogP contribution in [0, 0.1) is 6.20 Å². The van der Waals surface area contributed by atoms with E-state index in [4.69, 9.17) is 0 Å². The minimum atomic E-state index is -2.40. The molecule has 1 heterocycles. The monoisotopic (exact) mass is 205 g/mol. The molecule has 5 heteroatoms. The quantitative estimate of drug-likeness (QED) is 0.706. The maximum Gasteiger partial charge on any atom is 0.290 e. The van der Waals surface area contributed by atoms with Gasteiger partial charge >= 0.3 is 0 Å². The van der Waals surface area contributed by atoms with E-state index >= 15 is 0 Å². The van der Waals surface area contributed by atoms with Crippen LogP contribution in [0.3, 0.4) is 0 Å². The third-order valence-electron chi connectivity index (χ3n) is 1.62. The Bertz CT molecular complexity index is 284. The van der Waals surface area contributed by atoms with Crippen molar-refractivity contribution in [1.82, 2.24) is 9.78 Å². The number of rotatable bonds is 3. The highest BCUT2D eigenvalue weighted by atomic mass is 32.2. The molecule has 0 aromatic carbocycles. The summed E-state index contributed by atoms with van der Waals surface area (Å²) in [5, 5.41) is 4.33. The molecule has 0 amide bonds. The molecular formula is C8H11F2N2S. The molecule has 2 nitrogen and oxygen atoms in total. The van der Waals surface area contributed by atoms with Gasteiger partial charge in [0.05, 0.1) is 0 Å². The van der Waals surface area contributed by atoms with Gasteiger partial charge in [0.15, 0.2) is 0 Å². The summed E-state index contributed by atoms with van der Waals surface area (Å²) >= 11 is 0.523. The van der Waals surface area contributed by atoms with E-state index in [0.717, 1.165) is 5.56 Å². The van der Waals surface area contributed by atoms with Crippen LogP contribution in [0.2, 0.25) is 0 Å². The summed E-state index contributed by atoms with van der Waals surface area (Å²) < 4.78 is 25.7. The van der Waals surface area contributed by atoms with Gasteiger partial charge in [-0.1, -0.05) is 13.8 Å². The second-order valence-electron chi connectivity index (χ2n) is 2.99. The van der Waals surface area contributed by atoms with Crippen LogP contribution >= 0.6 is 11.8 Å². The van der Waals surface area contributed by atoms with Crippen molar-refractivity contribution < 1.29 is 8.78 Å². The van der Waals surface area contributed by atoms with E-state index in [0.29, 0.717) is 16.8 Å². The first kappa shape index (κ1) is 10.5. The Morgan fingerprint density at radius 3 is 2.54 bits per heavy atom. The Balaban J connectivity index is 2.94. The van der Waals surface area contributed by atoms with E-state index in [9.17, 15) is 8.78 Å². The fraction of sp³-hybridized carbons (Fsp3) is 0.625. The number of nitrogens with zero attached hydrogens (tertiary/aromatic N) is 2. The van der Waals surface area contributed by atoms with Crippen molar-refractivity contribution >= 4 is 11.8 Å². The van der Waals surface area contributed by atoms with Crippen molar-refractivity contribution in [3.05, 3.63) is 11.8 Å². The Morgan fingerprint density at radius 2 is 2.08 bits per heavy atom. The number of halogens is 2. The molecule has 0 aliphatic carbocycles. The minimum absolute atomic E-state index is 0.176. The van der Waals surface area contributed by atoms with E-state index in [1.54, 1.807) is 7.05 Å². The number of hydrogen-bond acceptors (Lipinski definition) is 2. The molecule has 0 aliphatic rings.